The summed E-state index contributed by atoms with van der Waals surface area (Å²) in [5, 5.41) is 15.0. The third-order valence-corrected chi connectivity index (χ3v) is 7.14. The smallest absolute Gasteiger partial charge is 0.335 e. The first kappa shape index (κ1) is 22.5. The van der Waals surface area contributed by atoms with Gasteiger partial charge in [-0.05, 0) is 55.5 Å². The molecule has 0 amide bonds. The Bertz CT molecular complexity index is 1580. The van der Waals surface area contributed by atoms with E-state index in [-0.39, 0.29) is 10.6 Å². The number of hydrogen-bond donors (Lipinski definition) is 1. The highest BCUT2D eigenvalue weighted by molar-refractivity contribution is 7.99. The average Bonchev–Trinajstić information content (AvgIpc) is 3.40. The second-order valence-electron chi connectivity index (χ2n) is 7.57. The molecule has 0 radical (unpaired) electrons. The fraction of sp³-hybridized carbons (Fsp3) is 0.0400. The summed E-state index contributed by atoms with van der Waals surface area (Å²) in [5.74, 6) is -1.54. The normalized spacial score (nSPS) is 11.3. The van der Waals surface area contributed by atoms with Crippen LogP contribution in [0.4, 0.5) is 4.39 Å². The fourth-order valence-corrected chi connectivity index (χ4v) is 5.28. The molecule has 0 aliphatic rings. The van der Waals surface area contributed by atoms with Crippen molar-refractivity contribution in [3.8, 4) is 11.4 Å². The van der Waals surface area contributed by atoms with Crippen LogP contribution in [0.5, 0.6) is 0 Å². The molecule has 2 heterocycles. The van der Waals surface area contributed by atoms with Crippen molar-refractivity contribution in [2.45, 2.75) is 16.7 Å². The van der Waals surface area contributed by atoms with Crippen molar-refractivity contribution in [3.05, 3.63) is 100 Å². The number of fused-ring (bicyclic) bond motifs is 1. The Balaban J connectivity index is 1.68. The molecule has 0 aliphatic carbocycles. The predicted octanol–water partition coefficient (Wildman–Crippen LogP) is 7.42. The Hall–Kier alpha value is -3.26. The Kier molecular flexibility index (Phi) is 5.85. The minimum Gasteiger partial charge on any atom is -0.478 e. The van der Waals surface area contributed by atoms with Crippen LogP contribution in [0, 0.1) is 12.7 Å². The standard InChI is InChI=1S/C25H16Cl2FN3O2S/c1-14-24(34-19-7-2-4-15(10-19)25(32)33)20-8-9-21(27)22(28)23(20)31(14)18-12-29-30(13-18)17-6-3-5-16(26)11-17/h2-13H,1H3,(H,32,33). The van der Waals surface area contributed by atoms with Gasteiger partial charge in [-0.3, -0.25) is 0 Å². The molecule has 5 aromatic rings. The lowest BCUT2D eigenvalue weighted by atomic mass is 10.2. The van der Waals surface area contributed by atoms with Crippen LogP contribution in [0.3, 0.4) is 0 Å². The summed E-state index contributed by atoms with van der Waals surface area (Å²) in [5.41, 5.74) is 2.70. The molecule has 3 aromatic carbocycles. The average molecular weight is 512 g/mol. The minimum absolute atomic E-state index is 0.0120. The topological polar surface area (TPSA) is 60.0 Å². The number of carboxylic acids is 1. The summed E-state index contributed by atoms with van der Waals surface area (Å²) in [6.45, 7) is 1.88. The van der Waals surface area contributed by atoms with Crippen molar-refractivity contribution in [3.63, 3.8) is 0 Å². The van der Waals surface area contributed by atoms with E-state index >= 15 is 4.39 Å². The molecule has 5 nitrogen and oxygen atoms in total. The van der Waals surface area contributed by atoms with Gasteiger partial charge in [0.1, 0.15) is 0 Å². The number of carboxylic acid groups (broad SMARTS) is 1. The van der Waals surface area contributed by atoms with Gasteiger partial charge in [0.15, 0.2) is 5.82 Å². The Morgan fingerprint density at radius 2 is 1.85 bits per heavy atom. The molecule has 0 aliphatic heterocycles. The minimum atomic E-state index is -1.01. The molecule has 0 atom stereocenters. The van der Waals surface area contributed by atoms with E-state index in [1.807, 2.05) is 25.1 Å². The van der Waals surface area contributed by atoms with Crippen molar-refractivity contribution in [1.82, 2.24) is 14.3 Å². The maximum Gasteiger partial charge on any atom is 0.335 e. The molecule has 34 heavy (non-hydrogen) atoms. The molecule has 0 saturated carbocycles. The van der Waals surface area contributed by atoms with Gasteiger partial charge in [-0.2, -0.15) is 5.10 Å². The summed E-state index contributed by atoms with van der Waals surface area (Å²) in [4.78, 5) is 12.9. The summed E-state index contributed by atoms with van der Waals surface area (Å²) in [6, 6.07) is 17.2. The van der Waals surface area contributed by atoms with Gasteiger partial charge in [0.25, 0.3) is 0 Å². The van der Waals surface area contributed by atoms with Gasteiger partial charge in [-0.15, -0.1) is 0 Å². The number of aromatic carboxylic acids is 1. The monoisotopic (exact) mass is 511 g/mol. The van der Waals surface area contributed by atoms with Crippen LogP contribution in [-0.2, 0) is 0 Å². The van der Waals surface area contributed by atoms with E-state index in [0.29, 0.717) is 21.6 Å². The number of nitrogens with zero attached hydrogens (tertiary/aromatic N) is 3. The molecule has 9 heteroatoms. The lowest BCUT2D eigenvalue weighted by Gasteiger charge is -2.07. The van der Waals surface area contributed by atoms with E-state index in [9.17, 15) is 9.90 Å². The van der Waals surface area contributed by atoms with Gasteiger partial charge in [0.2, 0.25) is 0 Å². The molecule has 2 aromatic heterocycles. The Morgan fingerprint density at radius 3 is 2.62 bits per heavy atom. The SMILES string of the molecule is Cc1c(Sc2cccc(C(=O)O)c2)c2ccc(Cl)c(F)c2n1-c1cnn(-c2cccc(Cl)c2)c1. The van der Waals surface area contributed by atoms with Crippen LogP contribution in [0.15, 0.2) is 82.8 Å². The number of rotatable bonds is 5. The Morgan fingerprint density at radius 1 is 1.06 bits per heavy atom. The first-order valence-electron chi connectivity index (χ1n) is 10.1. The number of halogens is 3. The molecule has 1 N–H and O–H groups in total. The second-order valence-corrected chi connectivity index (χ2v) is 9.49. The zero-order chi connectivity index (χ0) is 24.0. The zero-order valence-electron chi connectivity index (χ0n) is 17.7. The lowest BCUT2D eigenvalue weighted by Crippen LogP contribution is -1.98. The van der Waals surface area contributed by atoms with E-state index in [2.05, 4.69) is 5.10 Å². The van der Waals surface area contributed by atoms with Crippen molar-refractivity contribution in [2.75, 3.05) is 0 Å². The molecule has 5 rings (SSSR count). The van der Waals surface area contributed by atoms with Crippen molar-refractivity contribution in [2.24, 2.45) is 0 Å². The summed E-state index contributed by atoms with van der Waals surface area (Å²) < 4.78 is 18.8. The summed E-state index contributed by atoms with van der Waals surface area (Å²) in [7, 11) is 0. The quantitative estimate of drug-likeness (QED) is 0.266. The van der Waals surface area contributed by atoms with E-state index < -0.39 is 11.8 Å². The second kappa shape index (κ2) is 8.83. The van der Waals surface area contributed by atoms with E-state index in [1.54, 1.807) is 52.0 Å². The fourth-order valence-electron chi connectivity index (χ4n) is 3.86. The first-order chi connectivity index (χ1) is 16.3. The van der Waals surface area contributed by atoms with E-state index in [1.165, 1.54) is 23.9 Å². The van der Waals surface area contributed by atoms with Crippen molar-refractivity contribution in [1.29, 1.82) is 0 Å². The molecular weight excluding hydrogens is 496 g/mol. The molecule has 0 spiro atoms. The van der Waals surface area contributed by atoms with Crippen LogP contribution < -0.4 is 0 Å². The van der Waals surface area contributed by atoms with Crippen LogP contribution in [0.2, 0.25) is 10.0 Å². The first-order valence-corrected chi connectivity index (χ1v) is 11.7. The number of benzene rings is 3. The Labute approximate surface area is 208 Å². The van der Waals surface area contributed by atoms with Crippen LogP contribution in [0.1, 0.15) is 16.1 Å². The maximum atomic E-state index is 15.3. The van der Waals surface area contributed by atoms with Gasteiger partial charge < -0.3 is 9.67 Å². The summed E-state index contributed by atoms with van der Waals surface area (Å²) >= 11 is 13.6. The molecule has 0 fully saturated rings. The number of aromatic nitrogens is 3. The van der Waals surface area contributed by atoms with Gasteiger partial charge in [0.05, 0.1) is 39.9 Å². The van der Waals surface area contributed by atoms with Crippen LogP contribution in [-0.4, -0.2) is 25.4 Å². The third kappa shape index (κ3) is 3.96. The molecule has 0 unspecified atom stereocenters. The zero-order valence-corrected chi connectivity index (χ0v) is 20.0. The van der Waals surface area contributed by atoms with Gasteiger partial charge in [-0.25, -0.2) is 13.9 Å². The van der Waals surface area contributed by atoms with Gasteiger partial charge >= 0.3 is 5.97 Å². The molecular formula is C25H16Cl2FN3O2S. The van der Waals surface area contributed by atoms with E-state index in [4.69, 9.17) is 23.2 Å². The third-order valence-electron chi connectivity index (χ3n) is 5.40. The highest BCUT2D eigenvalue weighted by atomic mass is 35.5. The van der Waals surface area contributed by atoms with Crippen LogP contribution >= 0.6 is 35.0 Å². The predicted molar refractivity (Wildman–Crippen MR) is 133 cm³/mol. The molecule has 170 valence electrons. The maximum absolute atomic E-state index is 15.3. The highest BCUT2D eigenvalue weighted by Gasteiger charge is 2.22. The van der Waals surface area contributed by atoms with Crippen molar-refractivity contribution < 1.29 is 14.3 Å². The lowest BCUT2D eigenvalue weighted by molar-refractivity contribution is 0.0696. The summed E-state index contributed by atoms with van der Waals surface area (Å²) in [6.07, 6.45) is 3.44. The highest BCUT2D eigenvalue weighted by Crippen LogP contribution is 2.42. The number of hydrogen-bond acceptors (Lipinski definition) is 3. The molecule has 0 bridgehead atoms. The van der Waals surface area contributed by atoms with Gasteiger partial charge in [0, 0.05) is 25.9 Å². The number of carbonyl (C=O) groups is 1. The largest absolute Gasteiger partial charge is 0.478 e. The molecule has 0 saturated heterocycles. The van der Waals surface area contributed by atoms with E-state index in [0.717, 1.165) is 21.2 Å². The van der Waals surface area contributed by atoms with Gasteiger partial charge in [-0.1, -0.05) is 47.1 Å². The van der Waals surface area contributed by atoms with Crippen LogP contribution in [0.25, 0.3) is 22.3 Å². The van der Waals surface area contributed by atoms with Crippen molar-refractivity contribution >= 4 is 51.8 Å².